The smallest absolute Gasteiger partial charge is 0.304 e. The van der Waals surface area contributed by atoms with Crippen LogP contribution in [0.2, 0.25) is 0 Å². The Morgan fingerprint density at radius 1 is 1.25 bits per heavy atom. The first-order valence-corrected chi connectivity index (χ1v) is 7.21. The van der Waals surface area contributed by atoms with Gasteiger partial charge in [0.05, 0.1) is 6.42 Å². The van der Waals surface area contributed by atoms with Gasteiger partial charge in [-0.3, -0.25) is 14.5 Å². The quantitative estimate of drug-likeness (QED) is 0.829. The second kappa shape index (κ2) is 6.81. The van der Waals surface area contributed by atoms with E-state index >= 15 is 0 Å². The summed E-state index contributed by atoms with van der Waals surface area (Å²) in [5.74, 6) is -0.869. The van der Waals surface area contributed by atoms with Gasteiger partial charge in [-0.25, -0.2) is 4.98 Å². The molecule has 0 atom stereocenters. The average Bonchev–Trinajstić information content (AvgIpc) is 2.45. The molecule has 7 heteroatoms. The van der Waals surface area contributed by atoms with Gasteiger partial charge in [0, 0.05) is 32.7 Å². The fourth-order valence-electron chi connectivity index (χ4n) is 2.12. The normalized spacial score (nSPS) is 16.1. The second-order valence-electron chi connectivity index (χ2n) is 4.62. The van der Waals surface area contributed by atoms with Crippen LogP contribution >= 0.6 is 15.9 Å². The van der Waals surface area contributed by atoms with E-state index in [4.69, 9.17) is 5.11 Å². The Labute approximate surface area is 125 Å². The molecule has 1 aliphatic rings. The van der Waals surface area contributed by atoms with Gasteiger partial charge < -0.3 is 10.0 Å². The van der Waals surface area contributed by atoms with Gasteiger partial charge in [0.2, 0.25) is 0 Å². The minimum atomic E-state index is -0.790. The standard InChI is InChI=1S/C13H16BrN3O3/c14-11-3-1-2-10(15-11)13(20)17-8-6-16(7-9-17)5-4-12(18)19/h1-3H,4-9H2,(H,18,19). The number of carbonyl (C=O) groups is 2. The van der Waals surface area contributed by atoms with Crippen LogP contribution in [0.3, 0.4) is 0 Å². The highest BCUT2D eigenvalue weighted by molar-refractivity contribution is 9.10. The van der Waals surface area contributed by atoms with Crippen molar-refractivity contribution in [2.75, 3.05) is 32.7 Å². The molecule has 1 fully saturated rings. The van der Waals surface area contributed by atoms with E-state index in [2.05, 4.69) is 25.8 Å². The first-order chi connectivity index (χ1) is 9.56. The molecule has 2 heterocycles. The first-order valence-electron chi connectivity index (χ1n) is 6.42. The number of rotatable bonds is 4. The van der Waals surface area contributed by atoms with E-state index in [9.17, 15) is 9.59 Å². The van der Waals surface area contributed by atoms with Crippen LogP contribution in [0.25, 0.3) is 0 Å². The van der Waals surface area contributed by atoms with E-state index in [-0.39, 0.29) is 12.3 Å². The number of carboxylic acids is 1. The third kappa shape index (κ3) is 4.01. The van der Waals surface area contributed by atoms with E-state index in [0.29, 0.717) is 43.0 Å². The number of hydrogen-bond acceptors (Lipinski definition) is 4. The number of amides is 1. The fourth-order valence-corrected chi connectivity index (χ4v) is 2.46. The molecule has 1 aromatic rings. The van der Waals surface area contributed by atoms with Crippen LogP contribution in [0, 0.1) is 0 Å². The molecule has 0 aromatic carbocycles. The molecule has 1 amide bonds. The molecule has 1 saturated heterocycles. The topological polar surface area (TPSA) is 73.7 Å². The Morgan fingerprint density at radius 3 is 2.55 bits per heavy atom. The number of carbonyl (C=O) groups excluding carboxylic acids is 1. The number of hydrogen-bond donors (Lipinski definition) is 1. The molecular formula is C13H16BrN3O3. The van der Waals surface area contributed by atoms with Crippen molar-refractivity contribution in [3.8, 4) is 0 Å². The minimum absolute atomic E-state index is 0.0795. The zero-order valence-corrected chi connectivity index (χ0v) is 12.5. The van der Waals surface area contributed by atoms with E-state index in [1.54, 1.807) is 23.1 Å². The number of pyridine rings is 1. The van der Waals surface area contributed by atoms with Crippen LogP contribution in [0.4, 0.5) is 0 Å². The number of aliphatic carboxylic acids is 1. The Hall–Kier alpha value is -1.47. The lowest BCUT2D eigenvalue weighted by molar-refractivity contribution is -0.137. The summed E-state index contributed by atoms with van der Waals surface area (Å²) < 4.78 is 0.642. The molecule has 20 heavy (non-hydrogen) atoms. The van der Waals surface area contributed by atoms with Gasteiger partial charge in [-0.15, -0.1) is 0 Å². The molecule has 0 saturated carbocycles. The van der Waals surface area contributed by atoms with Crippen LogP contribution in [-0.4, -0.2) is 64.5 Å². The van der Waals surface area contributed by atoms with Crippen molar-refractivity contribution in [1.82, 2.24) is 14.8 Å². The van der Waals surface area contributed by atoms with E-state index in [0.717, 1.165) is 0 Å². The molecule has 0 aliphatic carbocycles. The van der Waals surface area contributed by atoms with Gasteiger partial charge in [0.1, 0.15) is 10.3 Å². The molecule has 1 N–H and O–H groups in total. The lowest BCUT2D eigenvalue weighted by Crippen LogP contribution is -2.49. The summed E-state index contributed by atoms with van der Waals surface area (Å²) in [4.78, 5) is 30.8. The molecular weight excluding hydrogens is 326 g/mol. The van der Waals surface area contributed by atoms with Crippen molar-refractivity contribution in [3.63, 3.8) is 0 Å². The van der Waals surface area contributed by atoms with Gasteiger partial charge in [0.25, 0.3) is 5.91 Å². The summed E-state index contributed by atoms with van der Waals surface area (Å²) in [6.45, 7) is 3.14. The van der Waals surface area contributed by atoms with E-state index < -0.39 is 5.97 Å². The second-order valence-corrected chi connectivity index (χ2v) is 5.44. The maximum absolute atomic E-state index is 12.3. The first kappa shape index (κ1) is 14.9. The molecule has 6 nitrogen and oxygen atoms in total. The number of aromatic nitrogens is 1. The Bertz CT molecular complexity index is 501. The van der Waals surface area contributed by atoms with Crippen molar-refractivity contribution in [2.24, 2.45) is 0 Å². The third-order valence-electron chi connectivity index (χ3n) is 3.24. The largest absolute Gasteiger partial charge is 0.481 e. The highest BCUT2D eigenvalue weighted by Crippen LogP contribution is 2.11. The molecule has 108 valence electrons. The highest BCUT2D eigenvalue weighted by Gasteiger charge is 2.23. The van der Waals surface area contributed by atoms with Gasteiger partial charge in [0.15, 0.2) is 0 Å². The lowest BCUT2D eigenvalue weighted by Gasteiger charge is -2.34. The summed E-state index contributed by atoms with van der Waals surface area (Å²) >= 11 is 3.25. The third-order valence-corrected chi connectivity index (χ3v) is 3.68. The number of halogens is 1. The van der Waals surface area contributed by atoms with Crippen molar-refractivity contribution in [1.29, 1.82) is 0 Å². The number of carboxylic acid groups (broad SMARTS) is 1. The molecule has 0 radical (unpaired) electrons. The van der Waals surface area contributed by atoms with Crippen molar-refractivity contribution in [2.45, 2.75) is 6.42 Å². The van der Waals surface area contributed by atoms with Crippen LogP contribution in [-0.2, 0) is 4.79 Å². The van der Waals surface area contributed by atoms with E-state index in [1.165, 1.54) is 0 Å². The Kier molecular flexibility index (Phi) is 5.08. The fraction of sp³-hybridized carbons (Fsp3) is 0.462. The summed E-state index contributed by atoms with van der Waals surface area (Å²) in [6, 6.07) is 5.26. The maximum atomic E-state index is 12.3. The van der Waals surface area contributed by atoms with Crippen molar-refractivity contribution in [3.05, 3.63) is 28.5 Å². The van der Waals surface area contributed by atoms with Crippen molar-refractivity contribution < 1.29 is 14.7 Å². The van der Waals surface area contributed by atoms with Gasteiger partial charge >= 0.3 is 5.97 Å². The highest BCUT2D eigenvalue weighted by atomic mass is 79.9. The molecule has 0 unspecified atom stereocenters. The average molecular weight is 342 g/mol. The maximum Gasteiger partial charge on any atom is 0.304 e. The molecule has 0 bridgehead atoms. The predicted molar refractivity (Wildman–Crippen MR) is 76.5 cm³/mol. The zero-order valence-electron chi connectivity index (χ0n) is 11.0. The SMILES string of the molecule is O=C(O)CCN1CCN(C(=O)c2cccc(Br)n2)CC1. The summed E-state index contributed by atoms with van der Waals surface area (Å²) in [7, 11) is 0. The summed E-state index contributed by atoms with van der Waals surface area (Å²) in [5, 5.41) is 8.66. The molecule has 1 aliphatic heterocycles. The van der Waals surface area contributed by atoms with E-state index in [1.807, 2.05) is 0 Å². The Morgan fingerprint density at radius 2 is 1.95 bits per heavy atom. The zero-order chi connectivity index (χ0) is 14.5. The number of nitrogens with zero attached hydrogens (tertiary/aromatic N) is 3. The number of piperazine rings is 1. The predicted octanol–water partition coefficient (Wildman–Crippen LogP) is 1.08. The van der Waals surface area contributed by atoms with Gasteiger partial charge in [-0.2, -0.15) is 0 Å². The van der Waals surface area contributed by atoms with Crippen LogP contribution in [0.5, 0.6) is 0 Å². The molecule has 2 rings (SSSR count). The van der Waals surface area contributed by atoms with Crippen LogP contribution in [0.1, 0.15) is 16.9 Å². The van der Waals surface area contributed by atoms with Crippen molar-refractivity contribution >= 4 is 27.8 Å². The van der Waals surface area contributed by atoms with Crippen LogP contribution in [0.15, 0.2) is 22.8 Å². The summed E-state index contributed by atoms with van der Waals surface area (Å²) in [5.41, 5.74) is 0.429. The summed E-state index contributed by atoms with van der Waals surface area (Å²) in [6.07, 6.45) is 0.140. The minimum Gasteiger partial charge on any atom is -0.481 e. The Balaban J connectivity index is 1.87. The molecule has 1 aromatic heterocycles. The lowest BCUT2D eigenvalue weighted by atomic mass is 10.2. The monoisotopic (exact) mass is 341 g/mol. The van der Waals surface area contributed by atoms with Gasteiger partial charge in [-0.1, -0.05) is 6.07 Å². The molecule has 0 spiro atoms. The van der Waals surface area contributed by atoms with Gasteiger partial charge in [-0.05, 0) is 28.1 Å². The van der Waals surface area contributed by atoms with Crippen LogP contribution < -0.4 is 0 Å².